The third-order valence-corrected chi connectivity index (χ3v) is 4.15. The van der Waals surface area contributed by atoms with Gasteiger partial charge in [-0.1, -0.05) is 28.9 Å². The van der Waals surface area contributed by atoms with Crippen molar-refractivity contribution >= 4 is 15.9 Å². The van der Waals surface area contributed by atoms with Crippen molar-refractivity contribution in [2.45, 2.75) is 32.7 Å². The Morgan fingerprint density at radius 3 is 2.94 bits per heavy atom. The predicted molar refractivity (Wildman–Crippen MR) is 78.8 cm³/mol. The topological polar surface area (TPSA) is 21.3 Å². The summed E-state index contributed by atoms with van der Waals surface area (Å²) in [5, 5.41) is 3.63. The van der Waals surface area contributed by atoms with E-state index in [0.717, 1.165) is 24.2 Å². The van der Waals surface area contributed by atoms with Crippen molar-refractivity contribution in [2.24, 2.45) is 5.92 Å². The molecule has 0 saturated carbocycles. The molecule has 0 amide bonds. The van der Waals surface area contributed by atoms with Crippen LogP contribution in [0.2, 0.25) is 0 Å². The molecule has 2 nitrogen and oxygen atoms in total. The molecule has 1 aromatic carbocycles. The van der Waals surface area contributed by atoms with Gasteiger partial charge < -0.3 is 10.1 Å². The molecule has 1 N–H and O–H groups in total. The summed E-state index contributed by atoms with van der Waals surface area (Å²) < 4.78 is 6.80. The Labute approximate surface area is 118 Å². The quantitative estimate of drug-likeness (QED) is 0.912. The first-order valence-electron chi connectivity index (χ1n) is 6.79. The lowest BCUT2D eigenvalue weighted by molar-refractivity contribution is 0.0392. The first kappa shape index (κ1) is 14.0. The van der Waals surface area contributed by atoms with Gasteiger partial charge in [-0.2, -0.15) is 0 Å². The molecule has 0 radical (unpaired) electrons. The normalized spacial score (nSPS) is 21.8. The van der Waals surface area contributed by atoms with Gasteiger partial charge >= 0.3 is 0 Å². The average Bonchev–Trinajstić information content (AvgIpc) is 2.38. The van der Waals surface area contributed by atoms with Crippen molar-refractivity contribution in [1.29, 1.82) is 0 Å². The molecule has 2 rings (SSSR count). The molecule has 1 fully saturated rings. The highest BCUT2D eigenvalue weighted by molar-refractivity contribution is 9.10. The fourth-order valence-corrected chi connectivity index (χ4v) is 3.24. The molecule has 1 aromatic rings. The summed E-state index contributed by atoms with van der Waals surface area (Å²) in [6.45, 7) is 7.16. The molecule has 0 aliphatic carbocycles. The number of halogens is 1. The number of ether oxygens (including phenoxy) is 1. The third-order valence-electron chi connectivity index (χ3n) is 3.66. The maximum atomic E-state index is 5.65. The summed E-state index contributed by atoms with van der Waals surface area (Å²) in [4.78, 5) is 0. The van der Waals surface area contributed by atoms with Crippen molar-refractivity contribution in [1.82, 2.24) is 5.32 Å². The molecule has 0 aromatic heterocycles. The van der Waals surface area contributed by atoms with Crippen molar-refractivity contribution in [2.75, 3.05) is 19.8 Å². The van der Waals surface area contributed by atoms with E-state index in [1.165, 1.54) is 24.0 Å². The lowest BCUT2D eigenvalue weighted by atomic mass is 9.87. The van der Waals surface area contributed by atoms with Gasteiger partial charge in [0.1, 0.15) is 0 Å². The van der Waals surface area contributed by atoms with Crippen LogP contribution < -0.4 is 5.32 Å². The Kier molecular flexibility index (Phi) is 5.22. The highest BCUT2D eigenvalue weighted by Crippen LogP contribution is 2.31. The summed E-state index contributed by atoms with van der Waals surface area (Å²) in [6, 6.07) is 6.99. The van der Waals surface area contributed by atoms with E-state index < -0.39 is 0 Å². The Bertz CT molecular complexity index is 388. The number of aryl methyl sites for hydroxylation is 1. The van der Waals surface area contributed by atoms with Crippen molar-refractivity contribution < 1.29 is 4.74 Å². The zero-order chi connectivity index (χ0) is 13.0. The molecular formula is C15H22BrNO. The van der Waals surface area contributed by atoms with Crippen LogP contribution in [0.25, 0.3) is 0 Å². The minimum absolute atomic E-state index is 0.420. The monoisotopic (exact) mass is 311 g/mol. The Morgan fingerprint density at radius 2 is 2.33 bits per heavy atom. The van der Waals surface area contributed by atoms with Crippen LogP contribution in [-0.2, 0) is 4.74 Å². The second-order valence-electron chi connectivity index (χ2n) is 5.01. The molecular weight excluding hydrogens is 290 g/mol. The van der Waals surface area contributed by atoms with Crippen molar-refractivity contribution in [3.05, 3.63) is 33.8 Å². The van der Waals surface area contributed by atoms with Gasteiger partial charge in [0.25, 0.3) is 0 Å². The van der Waals surface area contributed by atoms with Crippen LogP contribution in [0.5, 0.6) is 0 Å². The summed E-state index contributed by atoms with van der Waals surface area (Å²) in [5.41, 5.74) is 2.76. The van der Waals surface area contributed by atoms with Gasteiger partial charge in [-0.15, -0.1) is 0 Å². The van der Waals surface area contributed by atoms with Gasteiger partial charge in [-0.05, 0) is 49.6 Å². The maximum Gasteiger partial charge on any atom is 0.0512 e. The molecule has 0 spiro atoms. The first-order chi connectivity index (χ1) is 8.72. The van der Waals surface area contributed by atoms with E-state index in [4.69, 9.17) is 4.74 Å². The highest BCUT2D eigenvalue weighted by Gasteiger charge is 2.25. The molecule has 1 aliphatic rings. The smallest absolute Gasteiger partial charge is 0.0512 e. The predicted octanol–water partition coefficient (Wildman–Crippen LogP) is 3.83. The van der Waals surface area contributed by atoms with E-state index in [1.54, 1.807) is 0 Å². The van der Waals surface area contributed by atoms with Crippen LogP contribution in [0.4, 0.5) is 0 Å². The lowest BCUT2D eigenvalue weighted by Gasteiger charge is -2.32. The zero-order valence-corrected chi connectivity index (χ0v) is 12.8. The molecule has 2 atom stereocenters. The Balaban J connectivity index is 2.22. The van der Waals surface area contributed by atoms with Crippen molar-refractivity contribution in [3.63, 3.8) is 0 Å². The van der Waals surface area contributed by atoms with Gasteiger partial charge in [-0.25, -0.2) is 0 Å². The van der Waals surface area contributed by atoms with E-state index in [1.807, 2.05) is 0 Å². The van der Waals surface area contributed by atoms with E-state index >= 15 is 0 Å². The average molecular weight is 312 g/mol. The number of benzene rings is 1. The summed E-state index contributed by atoms with van der Waals surface area (Å²) in [7, 11) is 0. The minimum Gasteiger partial charge on any atom is -0.381 e. The van der Waals surface area contributed by atoms with Crippen LogP contribution in [0.3, 0.4) is 0 Å². The molecule has 0 bridgehead atoms. The van der Waals surface area contributed by atoms with Crippen molar-refractivity contribution in [3.8, 4) is 0 Å². The number of rotatable bonds is 4. The summed E-state index contributed by atoms with van der Waals surface area (Å²) in [6.07, 6.45) is 2.44. The molecule has 100 valence electrons. The molecule has 18 heavy (non-hydrogen) atoms. The van der Waals surface area contributed by atoms with Gasteiger partial charge in [-0.3, -0.25) is 0 Å². The second-order valence-corrected chi connectivity index (χ2v) is 5.93. The first-order valence-corrected chi connectivity index (χ1v) is 7.59. The Morgan fingerprint density at radius 1 is 1.50 bits per heavy atom. The molecule has 3 heteroatoms. The van der Waals surface area contributed by atoms with E-state index in [9.17, 15) is 0 Å². The van der Waals surface area contributed by atoms with Gasteiger partial charge in [0.15, 0.2) is 0 Å². The van der Waals surface area contributed by atoms with Crippen LogP contribution >= 0.6 is 15.9 Å². The zero-order valence-electron chi connectivity index (χ0n) is 11.2. The van der Waals surface area contributed by atoms with E-state index in [2.05, 4.69) is 53.3 Å². The summed E-state index contributed by atoms with van der Waals surface area (Å²) >= 11 is 3.54. The molecule has 1 saturated heterocycles. The second kappa shape index (κ2) is 6.69. The molecule has 1 aliphatic heterocycles. The molecule has 1 heterocycles. The standard InChI is InChI=1S/C15H22BrNO/c1-3-17-15(12-5-4-8-18-10-12)14-7-6-13(16)9-11(14)2/h6-7,9,12,15,17H,3-5,8,10H2,1-2H3. The van der Waals surface area contributed by atoms with E-state index in [-0.39, 0.29) is 0 Å². The van der Waals surface area contributed by atoms with Crippen LogP contribution in [0.15, 0.2) is 22.7 Å². The maximum absolute atomic E-state index is 5.65. The van der Waals surface area contributed by atoms with Crippen LogP contribution in [-0.4, -0.2) is 19.8 Å². The Hall–Kier alpha value is -0.380. The van der Waals surface area contributed by atoms with Gasteiger partial charge in [0.05, 0.1) is 6.61 Å². The highest BCUT2D eigenvalue weighted by atomic mass is 79.9. The fraction of sp³-hybridized carbons (Fsp3) is 0.600. The number of hydrogen-bond acceptors (Lipinski definition) is 2. The molecule has 2 unspecified atom stereocenters. The number of nitrogens with one attached hydrogen (secondary N) is 1. The largest absolute Gasteiger partial charge is 0.381 e. The van der Waals surface area contributed by atoms with Crippen LogP contribution in [0, 0.1) is 12.8 Å². The minimum atomic E-state index is 0.420. The number of hydrogen-bond donors (Lipinski definition) is 1. The van der Waals surface area contributed by atoms with Gasteiger partial charge in [0.2, 0.25) is 0 Å². The fourth-order valence-electron chi connectivity index (χ4n) is 2.77. The van der Waals surface area contributed by atoms with Crippen LogP contribution in [0.1, 0.15) is 36.9 Å². The van der Waals surface area contributed by atoms with Gasteiger partial charge in [0, 0.05) is 23.0 Å². The lowest BCUT2D eigenvalue weighted by Crippen LogP contribution is -2.33. The SMILES string of the molecule is CCNC(c1ccc(Br)cc1C)C1CCCOC1. The van der Waals surface area contributed by atoms with E-state index in [0.29, 0.717) is 12.0 Å². The summed E-state index contributed by atoms with van der Waals surface area (Å²) in [5.74, 6) is 0.596. The third kappa shape index (κ3) is 3.34.